The molecule has 0 aliphatic heterocycles. The Morgan fingerprint density at radius 2 is 1.97 bits per heavy atom. The third kappa shape index (κ3) is 4.70. The number of halogens is 1. The molecule has 9 nitrogen and oxygen atoms in total. The Bertz CT molecular complexity index is 1720. The number of anilines is 1. The number of carbonyl (C=O) groups excluding carboxylic acids is 1. The van der Waals surface area contributed by atoms with E-state index in [0.717, 1.165) is 5.56 Å². The van der Waals surface area contributed by atoms with E-state index in [4.69, 9.17) is 0 Å². The lowest BCUT2D eigenvalue weighted by molar-refractivity contribution is 0.0974. The van der Waals surface area contributed by atoms with Crippen LogP contribution in [0, 0.1) is 11.0 Å². The molecule has 1 aliphatic carbocycles. The highest BCUT2D eigenvalue weighted by atomic mass is 32.2. The second-order valence-corrected chi connectivity index (χ2v) is 11.3. The summed E-state index contributed by atoms with van der Waals surface area (Å²) in [7, 11) is -2.64. The van der Waals surface area contributed by atoms with Gasteiger partial charge < -0.3 is 19.8 Å². The van der Waals surface area contributed by atoms with Gasteiger partial charge in [0, 0.05) is 39.5 Å². The van der Waals surface area contributed by atoms with Crippen LogP contribution in [0.4, 0.5) is 10.1 Å². The van der Waals surface area contributed by atoms with Crippen molar-refractivity contribution < 1.29 is 17.6 Å². The lowest BCUT2D eigenvalue weighted by Crippen LogP contribution is -2.35. The van der Waals surface area contributed by atoms with E-state index in [1.165, 1.54) is 36.0 Å². The number of aromatic nitrogens is 2. The molecule has 4 aromatic rings. The van der Waals surface area contributed by atoms with Gasteiger partial charge in [0.25, 0.3) is 11.5 Å². The Morgan fingerprint density at radius 3 is 2.63 bits per heavy atom. The zero-order valence-electron chi connectivity index (χ0n) is 20.8. The van der Waals surface area contributed by atoms with E-state index >= 15 is 0 Å². The second kappa shape index (κ2) is 9.73. The fourth-order valence-corrected chi connectivity index (χ4v) is 5.88. The Kier molecular flexibility index (Phi) is 6.58. The van der Waals surface area contributed by atoms with E-state index in [-0.39, 0.29) is 34.6 Å². The number of aryl methyl sites for hydroxylation is 1. The van der Waals surface area contributed by atoms with Crippen LogP contribution in [0.15, 0.2) is 59.5 Å². The number of hydrogen-bond acceptors (Lipinski definition) is 6. The van der Waals surface area contributed by atoms with Gasteiger partial charge in [0.1, 0.15) is 11.5 Å². The maximum Gasteiger partial charge on any atom is 0.282 e. The average molecular weight is 538 g/mol. The maximum absolute atomic E-state index is 15.0. The normalized spacial score (nSPS) is 13.6. The van der Waals surface area contributed by atoms with E-state index in [1.54, 1.807) is 18.2 Å². The summed E-state index contributed by atoms with van der Waals surface area (Å²) < 4.78 is 44.1. The number of rotatable bonds is 8. The fraction of sp³-hybridized carbons (Fsp3) is 0.259. The van der Waals surface area contributed by atoms with Crippen molar-refractivity contribution in [1.29, 1.82) is 0 Å². The number of pyridine rings is 1. The van der Waals surface area contributed by atoms with Crippen molar-refractivity contribution in [2.45, 2.75) is 38.0 Å². The predicted octanol–water partition coefficient (Wildman–Crippen LogP) is 3.90. The Balaban J connectivity index is 1.80. The minimum Gasteiger partial charge on any atom is -0.758 e. The van der Waals surface area contributed by atoms with Crippen LogP contribution in [-0.4, -0.2) is 36.2 Å². The number of sulfonamides is 1. The maximum atomic E-state index is 15.0. The van der Waals surface area contributed by atoms with Crippen LogP contribution in [0.3, 0.4) is 0 Å². The SMILES string of the molecule is CCc1ccc2c(c1)c(-c1ccc[nH]c1=O)c(C(=O)NS(=O)(=O)C1CC1)n2Cc1cc(N(C)[O-])ccc1F. The van der Waals surface area contributed by atoms with Crippen molar-refractivity contribution in [3.05, 3.63) is 92.9 Å². The van der Waals surface area contributed by atoms with Crippen molar-refractivity contribution in [3.8, 4) is 11.1 Å². The number of benzene rings is 2. The molecule has 1 amide bonds. The van der Waals surface area contributed by atoms with Gasteiger partial charge in [-0.05, 0) is 74.3 Å². The highest BCUT2D eigenvalue weighted by molar-refractivity contribution is 7.91. The second-order valence-electron chi connectivity index (χ2n) is 9.38. The quantitative estimate of drug-likeness (QED) is 0.328. The van der Waals surface area contributed by atoms with Crippen LogP contribution >= 0.6 is 0 Å². The summed E-state index contributed by atoms with van der Waals surface area (Å²) in [6.45, 7) is 1.77. The topological polar surface area (TPSA) is 127 Å². The summed E-state index contributed by atoms with van der Waals surface area (Å²) in [6, 6.07) is 12.5. The van der Waals surface area contributed by atoms with Crippen LogP contribution in [0.2, 0.25) is 0 Å². The van der Waals surface area contributed by atoms with Gasteiger partial charge in [-0.1, -0.05) is 13.0 Å². The van der Waals surface area contributed by atoms with Crippen LogP contribution < -0.4 is 15.3 Å². The summed E-state index contributed by atoms with van der Waals surface area (Å²) >= 11 is 0. The number of nitrogens with zero attached hydrogens (tertiary/aromatic N) is 2. The number of H-pyrrole nitrogens is 1. The van der Waals surface area contributed by atoms with Crippen LogP contribution in [0.25, 0.3) is 22.0 Å². The number of aromatic amines is 1. The molecule has 0 spiro atoms. The summed E-state index contributed by atoms with van der Waals surface area (Å²) in [5.74, 6) is -1.51. The van der Waals surface area contributed by atoms with Gasteiger partial charge in [-0.3, -0.25) is 9.59 Å². The van der Waals surface area contributed by atoms with Gasteiger partial charge in [0.15, 0.2) is 0 Å². The highest BCUT2D eigenvalue weighted by Crippen LogP contribution is 2.36. The number of amides is 1. The highest BCUT2D eigenvalue weighted by Gasteiger charge is 2.38. The van der Waals surface area contributed by atoms with Crippen molar-refractivity contribution in [3.63, 3.8) is 0 Å². The number of nitrogens with one attached hydrogen (secondary N) is 2. The van der Waals surface area contributed by atoms with Gasteiger partial charge in [0.05, 0.1) is 11.8 Å². The molecule has 1 saturated carbocycles. The largest absolute Gasteiger partial charge is 0.758 e. The van der Waals surface area contributed by atoms with E-state index < -0.39 is 32.6 Å². The van der Waals surface area contributed by atoms with Gasteiger partial charge in [-0.15, -0.1) is 0 Å². The minimum atomic E-state index is -3.93. The molecule has 0 bridgehead atoms. The van der Waals surface area contributed by atoms with Gasteiger partial charge >= 0.3 is 0 Å². The monoisotopic (exact) mass is 537 g/mol. The molecular weight excluding hydrogens is 511 g/mol. The first-order valence-electron chi connectivity index (χ1n) is 12.2. The Hall–Kier alpha value is -3.96. The smallest absolute Gasteiger partial charge is 0.282 e. The molecular formula is C27H26FN4O5S-. The average Bonchev–Trinajstić information content (AvgIpc) is 3.70. The Morgan fingerprint density at radius 1 is 1.21 bits per heavy atom. The summed E-state index contributed by atoms with van der Waals surface area (Å²) in [5.41, 5.74) is 1.65. The number of hydrogen-bond donors (Lipinski definition) is 2. The lowest BCUT2D eigenvalue weighted by Gasteiger charge is -2.25. The zero-order chi connectivity index (χ0) is 27.2. The molecule has 2 N–H and O–H groups in total. The summed E-state index contributed by atoms with van der Waals surface area (Å²) in [4.78, 5) is 29.2. The van der Waals surface area contributed by atoms with Crippen molar-refractivity contribution >= 4 is 32.5 Å². The molecule has 0 saturated heterocycles. The lowest BCUT2D eigenvalue weighted by atomic mass is 10.0. The zero-order valence-corrected chi connectivity index (χ0v) is 21.6. The molecule has 0 radical (unpaired) electrons. The van der Waals surface area contributed by atoms with Gasteiger partial charge in [-0.2, -0.15) is 0 Å². The number of carbonyl (C=O) groups is 1. The molecule has 0 atom stereocenters. The molecule has 1 fully saturated rings. The van der Waals surface area contributed by atoms with Gasteiger partial charge in [-0.25, -0.2) is 17.5 Å². The molecule has 2 heterocycles. The molecule has 198 valence electrons. The third-order valence-electron chi connectivity index (χ3n) is 6.76. The van der Waals surface area contributed by atoms with E-state index in [0.29, 0.717) is 35.2 Å². The predicted molar refractivity (Wildman–Crippen MR) is 144 cm³/mol. The van der Waals surface area contributed by atoms with Crippen LogP contribution in [0.5, 0.6) is 0 Å². The third-order valence-corrected chi connectivity index (χ3v) is 8.58. The molecule has 2 aromatic heterocycles. The summed E-state index contributed by atoms with van der Waals surface area (Å²) in [5, 5.41) is 12.4. The van der Waals surface area contributed by atoms with Gasteiger partial charge in [0.2, 0.25) is 10.0 Å². The molecule has 5 rings (SSSR count). The number of hydroxylamine groups is 1. The first-order valence-corrected chi connectivity index (χ1v) is 13.7. The van der Waals surface area contributed by atoms with E-state index in [9.17, 15) is 27.6 Å². The molecule has 11 heteroatoms. The van der Waals surface area contributed by atoms with Crippen molar-refractivity contribution in [2.75, 3.05) is 12.1 Å². The minimum absolute atomic E-state index is 0.0885. The molecule has 38 heavy (non-hydrogen) atoms. The fourth-order valence-electron chi connectivity index (χ4n) is 4.60. The molecule has 0 unspecified atom stereocenters. The van der Waals surface area contributed by atoms with Crippen molar-refractivity contribution in [2.24, 2.45) is 0 Å². The first-order chi connectivity index (χ1) is 18.1. The van der Waals surface area contributed by atoms with E-state index in [2.05, 4.69) is 9.71 Å². The Labute approximate surface area is 218 Å². The van der Waals surface area contributed by atoms with Crippen LogP contribution in [0.1, 0.15) is 41.4 Å². The van der Waals surface area contributed by atoms with E-state index in [1.807, 2.05) is 19.1 Å². The standard InChI is InChI=1S/C27H26FN4O5S/c1-3-16-6-11-23-21(13-16)24(20-5-4-12-29-26(20)33)25(27(34)30-38(36,37)19-8-9-19)32(23)15-17-14-18(31(2)35)7-10-22(17)28/h4-7,10-14,19H,3,8-9,15H2,1-2H3,(H,29,33)(H,30,34)/q-1. The first kappa shape index (κ1) is 25.7. The molecule has 1 aliphatic rings. The summed E-state index contributed by atoms with van der Waals surface area (Å²) in [6.07, 6.45) is 3.05. The number of fused-ring (bicyclic) bond motifs is 1. The molecule has 2 aromatic carbocycles. The van der Waals surface area contributed by atoms with Crippen LogP contribution in [-0.2, 0) is 23.0 Å². The van der Waals surface area contributed by atoms with Crippen molar-refractivity contribution in [1.82, 2.24) is 14.3 Å².